The van der Waals surface area contributed by atoms with Gasteiger partial charge in [0.05, 0.1) is 10.5 Å². The Balaban J connectivity index is 1.83. The fraction of sp³-hybridized carbons (Fsp3) is 0.0588. The minimum Gasteiger partial charge on any atom is -0.457 e. The van der Waals surface area contributed by atoms with Gasteiger partial charge in [-0.3, -0.25) is 0 Å². The number of esters is 1. The molecule has 3 rings (SSSR count). The van der Waals surface area contributed by atoms with Crippen molar-refractivity contribution in [3.63, 3.8) is 0 Å². The van der Waals surface area contributed by atoms with Gasteiger partial charge in [0.25, 0.3) is 0 Å². The molecule has 116 valence electrons. The number of rotatable bonds is 3. The first kappa shape index (κ1) is 15.7. The molecule has 0 fully saturated rings. The van der Waals surface area contributed by atoms with Crippen molar-refractivity contribution in [3.05, 3.63) is 75.7 Å². The van der Waals surface area contributed by atoms with E-state index in [-0.39, 0.29) is 22.3 Å². The molecule has 1 heterocycles. The van der Waals surface area contributed by atoms with Gasteiger partial charge in [-0.1, -0.05) is 47.5 Å². The summed E-state index contributed by atoms with van der Waals surface area (Å²) in [5.74, 6) is -1.58. The Labute approximate surface area is 141 Å². The highest BCUT2D eigenvalue weighted by Crippen LogP contribution is 2.23. The van der Waals surface area contributed by atoms with Crippen LogP contribution in [0, 0.1) is 5.82 Å². The van der Waals surface area contributed by atoms with Crippen LogP contribution in [0.15, 0.2) is 48.5 Å². The standard InChI is InChI=1S/C17H10Cl2FNO2/c18-12-5-3-6-13(20)15(12)17(22)23-9-11-8-10-4-1-2-7-14(10)21-16(11)19/h1-8H,9H2. The van der Waals surface area contributed by atoms with Crippen LogP contribution in [0.2, 0.25) is 10.2 Å². The Hall–Kier alpha value is -2.17. The van der Waals surface area contributed by atoms with E-state index in [1.807, 2.05) is 24.3 Å². The van der Waals surface area contributed by atoms with Crippen LogP contribution in [-0.4, -0.2) is 11.0 Å². The minimum absolute atomic E-state index is 0.00210. The van der Waals surface area contributed by atoms with E-state index >= 15 is 0 Å². The average Bonchev–Trinajstić information content (AvgIpc) is 2.52. The number of fused-ring (bicyclic) bond motifs is 1. The lowest BCUT2D eigenvalue weighted by atomic mass is 10.1. The molecule has 2 aromatic carbocycles. The molecule has 1 aromatic heterocycles. The summed E-state index contributed by atoms with van der Waals surface area (Å²) in [6.45, 7) is -0.125. The van der Waals surface area contributed by atoms with E-state index in [1.54, 1.807) is 6.07 Å². The molecule has 3 nitrogen and oxygen atoms in total. The molecule has 23 heavy (non-hydrogen) atoms. The quantitative estimate of drug-likeness (QED) is 0.491. The van der Waals surface area contributed by atoms with Gasteiger partial charge in [-0.2, -0.15) is 0 Å². The molecule has 0 spiro atoms. The molecule has 0 unspecified atom stereocenters. The van der Waals surface area contributed by atoms with Gasteiger partial charge < -0.3 is 4.74 Å². The zero-order valence-electron chi connectivity index (χ0n) is 11.7. The van der Waals surface area contributed by atoms with Crippen LogP contribution in [0.4, 0.5) is 4.39 Å². The van der Waals surface area contributed by atoms with Crippen LogP contribution in [0.25, 0.3) is 10.9 Å². The summed E-state index contributed by atoms with van der Waals surface area (Å²) in [6.07, 6.45) is 0. The fourth-order valence-corrected chi connectivity index (χ4v) is 2.59. The third kappa shape index (κ3) is 3.28. The van der Waals surface area contributed by atoms with E-state index in [0.29, 0.717) is 5.56 Å². The smallest absolute Gasteiger partial charge is 0.342 e. The maximum atomic E-state index is 13.7. The Bertz CT molecular complexity index is 879. The number of pyridine rings is 1. The number of aromatic nitrogens is 1. The third-order valence-corrected chi connectivity index (χ3v) is 3.92. The second-order valence-corrected chi connectivity index (χ2v) is 5.57. The summed E-state index contributed by atoms with van der Waals surface area (Å²) >= 11 is 11.9. The summed E-state index contributed by atoms with van der Waals surface area (Å²) < 4.78 is 18.8. The van der Waals surface area contributed by atoms with Crippen LogP contribution < -0.4 is 0 Å². The van der Waals surface area contributed by atoms with E-state index < -0.39 is 11.8 Å². The summed E-state index contributed by atoms with van der Waals surface area (Å²) in [4.78, 5) is 16.3. The molecule has 0 bridgehead atoms. The van der Waals surface area contributed by atoms with Gasteiger partial charge in [-0.05, 0) is 24.3 Å². The molecule has 0 aliphatic carbocycles. The monoisotopic (exact) mass is 349 g/mol. The number of halogens is 3. The first-order chi connectivity index (χ1) is 11.1. The first-order valence-electron chi connectivity index (χ1n) is 6.71. The molecule has 0 amide bonds. The van der Waals surface area contributed by atoms with Crippen LogP contribution in [0.1, 0.15) is 15.9 Å². The second kappa shape index (κ2) is 6.52. The Morgan fingerprint density at radius 1 is 1.13 bits per heavy atom. The average molecular weight is 350 g/mol. The topological polar surface area (TPSA) is 39.2 Å². The van der Waals surface area contributed by atoms with Crippen LogP contribution in [-0.2, 0) is 11.3 Å². The van der Waals surface area contributed by atoms with Gasteiger partial charge in [-0.15, -0.1) is 0 Å². The zero-order valence-corrected chi connectivity index (χ0v) is 13.2. The van der Waals surface area contributed by atoms with Crippen molar-refractivity contribution < 1.29 is 13.9 Å². The zero-order chi connectivity index (χ0) is 16.4. The normalized spacial score (nSPS) is 10.7. The largest absolute Gasteiger partial charge is 0.457 e. The lowest BCUT2D eigenvalue weighted by molar-refractivity contribution is 0.0467. The molecule has 3 aromatic rings. The molecule has 0 radical (unpaired) electrons. The van der Waals surface area contributed by atoms with Gasteiger partial charge >= 0.3 is 5.97 Å². The molecular formula is C17H10Cl2FNO2. The predicted molar refractivity (Wildman–Crippen MR) is 87.3 cm³/mol. The van der Waals surface area contributed by atoms with Gasteiger partial charge in [-0.25, -0.2) is 14.2 Å². The minimum atomic E-state index is -0.850. The number of nitrogens with zero attached hydrogens (tertiary/aromatic N) is 1. The number of carbonyl (C=O) groups excluding carboxylic acids is 1. The Kier molecular flexibility index (Phi) is 4.46. The molecule has 0 aliphatic heterocycles. The lowest BCUT2D eigenvalue weighted by Gasteiger charge is -2.09. The van der Waals surface area contributed by atoms with Crippen molar-refractivity contribution in [2.45, 2.75) is 6.61 Å². The first-order valence-corrected chi connectivity index (χ1v) is 7.47. The van der Waals surface area contributed by atoms with Gasteiger partial charge in [0.15, 0.2) is 0 Å². The number of hydrogen-bond donors (Lipinski definition) is 0. The SMILES string of the molecule is O=C(OCc1cc2ccccc2nc1Cl)c1c(F)cccc1Cl. The van der Waals surface area contributed by atoms with Crippen molar-refractivity contribution in [1.82, 2.24) is 4.98 Å². The highest BCUT2D eigenvalue weighted by Gasteiger charge is 2.18. The van der Waals surface area contributed by atoms with Crippen molar-refractivity contribution in [2.24, 2.45) is 0 Å². The molecule has 0 aliphatic rings. The number of carbonyl (C=O) groups is 1. The van der Waals surface area contributed by atoms with Crippen molar-refractivity contribution in [3.8, 4) is 0 Å². The Morgan fingerprint density at radius 3 is 2.70 bits per heavy atom. The van der Waals surface area contributed by atoms with Gasteiger partial charge in [0, 0.05) is 10.9 Å². The van der Waals surface area contributed by atoms with Gasteiger partial charge in [0.1, 0.15) is 23.1 Å². The third-order valence-electron chi connectivity index (χ3n) is 3.28. The van der Waals surface area contributed by atoms with E-state index in [0.717, 1.165) is 17.0 Å². The number of ether oxygens (including phenoxy) is 1. The summed E-state index contributed by atoms with van der Waals surface area (Å²) in [7, 11) is 0. The van der Waals surface area contributed by atoms with E-state index in [9.17, 15) is 9.18 Å². The fourth-order valence-electron chi connectivity index (χ4n) is 2.15. The molecule has 0 saturated carbocycles. The highest BCUT2D eigenvalue weighted by molar-refractivity contribution is 6.33. The van der Waals surface area contributed by atoms with E-state index in [1.165, 1.54) is 12.1 Å². The number of benzene rings is 2. The van der Waals surface area contributed by atoms with E-state index in [4.69, 9.17) is 27.9 Å². The molecule has 0 N–H and O–H groups in total. The molecule has 0 saturated heterocycles. The number of hydrogen-bond acceptors (Lipinski definition) is 3. The maximum absolute atomic E-state index is 13.7. The molecule has 0 atom stereocenters. The maximum Gasteiger partial charge on any atom is 0.342 e. The summed E-state index contributed by atoms with van der Waals surface area (Å²) in [6, 6.07) is 13.2. The molecular weight excluding hydrogens is 340 g/mol. The Morgan fingerprint density at radius 2 is 1.91 bits per heavy atom. The number of para-hydroxylation sites is 1. The predicted octanol–water partition coefficient (Wildman–Crippen LogP) is 5.04. The van der Waals surface area contributed by atoms with Crippen molar-refractivity contribution in [2.75, 3.05) is 0 Å². The van der Waals surface area contributed by atoms with Crippen molar-refractivity contribution in [1.29, 1.82) is 0 Å². The summed E-state index contributed by atoms with van der Waals surface area (Å²) in [5, 5.41) is 1.10. The van der Waals surface area contributed by atoms with Crippen LogP contribution in [0.5, 0.6) is 0 Å². The van der Waals surface area contributed by atoms with Crippen LogP contribution >= 0.6 is 23.2 Å². The van der Waals surface area contributed by atoms with Gasteiger partial charge in [0.2, 0.25) is 0 Å². The summed E-state index contributed by atoms with van der Waals surface area (Å²) in [5.41, 5.74) is 0.981. The van der Waals surface area contributed by atoms with E-state index in [2.05, 4.69) is 4.98 Å². The van der Waals surface area contributed by atoms with Crippen LogP contribution in [0.3, 0.4) is 0 Å². The van der Waals surface area contributed by atoms with Crippen molar-refractivity contribution >= 4 is 40.1 Å². The second-order valence-electron chi connectivity index (χ2n) is 4.80. The molecule has 6 heteroatoms. The lowest BCUT2D eigenvalue weighted by Crippen LogP contribution is -2.09. The highest BCUT2D eigenvalue weighted by atomic mass is 35.5.